The van der Waals surface area contributed by atoms with Crippen molar-refractivity contribution in [2.24, 2.45) is 0 Å². The summed E-state index contributed by atoms with van der Waals surface area (Å²) in [5, 5.41) is 11.1. The van der Waals surface area contributed by atoms with Crippen LogP contribution in [0.3, 0.4) is 0 Å². The van der Waals surface area contributed by atoms with E-state index in [0.29, 0.717) is 6.54 Å². The SMILES string of the molecule is N#CCNc1ccncc1. The third kappa shape index (κ3) is 1.75. The van der Waals surface area contributed by atoms with Gasteiger partial charge in [0.25, 0.3) is 0 Å². The minimum Gasteiger partial charge on any atom is -0.372 e. The maximum Gasteiger partial charge on any atom is 0.103 e. The van der Waals surface area contributed by atoms with Crippen molar-refractivity contribution in [3.8, 4) is 6.07 Å². The molecule has 1 aromatic heterocycles. The Kier molecular flexibility index (Phi) is 2.27. The molecule has 0 spiro atoms. The van der Waals surface area contributed by atoms with Gasteiger partial charge in [0.1, 0.15) is 6.54 Å². The van der Waals surface area contributed by atoms with E-state index < -0.39 is 0 Å². The molecule has 0 saturated heterocycles. The van der Waals surface area contributed by atoms with Crippen LogP contribution in [0, 0.1) is 11.3 Å². The highest BCUT2D eigenvalue weighted by atomic mass is 14.9. The second-order valence-electron chi connectivity index (χ2n) is 1.75. The van der Waals surface area contributed by atoms with Crippen molar-refractivity contribution in [1.29, 1.82) is 5.26 Å². The summed E-state index contributed by atoms with van der Waals surface area (Å²) in [6.07, 6.45) is 3.36. The molecule has 1 rings (SSSR count). The maximum atomic E-state index is 8.20. The predicted octanol–water partition coefficient (Wildman–Crippen LogP) is 1.02. The van der Waals surface area contributed by atoms with Gasteiger partial charge in [0.15, 0.2) is 0 Å². The summed E-state index contributed by atoms with van der Waals surface area (Å²) in [5.74, 6) is 0. The number of pyridine rings is 1. The van der Waals surface area contributed by atoms with Gasteiger partial charge in [-0.15, -0.1) is 0 Å². The molecule has 0 atom stereocenters. The Morgan fingerprint density at radius 1 is 1.50 bits per heavy atom. The smallest absolute Gasteiger partial charge is 0.103 e. The highest BCUT2D eigenvalue weighted by Gasteiger charge is 1.84. The van der Waals surface area contributed by atoms with E-state index in [1.165, 1.54) is 0 Å². The van der Waals surface area contributed by atoms with Gasteiger partial charge in [-0.25, -0.2) is 0 Å². The highest BCUT2D eigenvalue weighted by Crippen LogP contribution is 2.00. The van der Waals surface area contributed by atoms with E-state index in [2.05, 4.69) is 10.3 Å². The van der Waals surface area contributed by atoms with Crippen LogP contribution < -0.4 is 5.32 Å². The van der Waals surface area contributed by atoms with E-state index in [1.54, 1.807) is 12.4 Å². The van der Waals surface area contributed by atoms with Crippen molar-refractivity contribution in [3.63, 3.8) is 0 Å². The fourth-order valence-electron chi connectivity index (χ4n) is 0.611. The zero-order chi connectivity index (χ0) is 7.23. The Morgan fingerprint density at radius 3 is 2.80 bits per heavy atom. The second-order valence-corrected chi connectivity index (χ2v) is 1.75. The van der Waals surface area contributed by atoms with Crippen LogP contribution in [0.15, 0.2) is 24.5 Å². The van der Waals surface area contributed by atoms with Crippen molar-refractivity contribution >= 4 is 5.69 Å². The second kappa shape index (κ2) is 3.46. The molecule has 0 radical (unpaired) electrons. The van der Waals surface area contributed by atoms with Crippen molar-refractivity contribution in [2.45, 2.75) is 0 Å². The molecule has 0 fully saturated rings. The predicted molar refractivity (Wildman–Crippen MR) is 38.3 cm³/mol. The molecule has 3 heteroatoms. The molecule has 0 saturated carbocycles. The van der Waals surface area contributed by atoms with Crippen LogP contribution in [0.2, 0.25) is 0 Å². The molecule has 0 unspecified atom stereocenters. The number of hydrogen-bond donors (Lipinski definition) is 1. The topological polar surface area (TPSA) is 48.7 Å². The molecule has 0 aromatic carbocycles. The molecule has 0 aliphatic rings. The lowest BCUT2D eigenvalue weighted by atomic mass is 10.4. The minimum atomic E-state index is 0.337. The van der Waals surface area contributed by atoms with Crippen LogP contribution in [-0.2, 0) is 0 Å². The number of rotatable bonds is 2. The highest BCUT2D eigenvalue weighted by molar-refractivity contribution is 5.41. The lowest BCUT2D eigenvalue weighted by Gasteiger charge is -1.97. The first kappa shape index (κ1) is 6.56. The van der Waals surface area contributed by atoms with E-state index in [0.717, 1.165) is 5.69 Å². The van der Waals surface area contributed by atoms with Gasteiger partial charge < -0.3 is 5.32 Å². The third-order valence-electron chi connectivity index (χ3n) is 1.05. The normalized spacial score (nSPS) is 8.30. The molecule has 0 bridgehead atoms. The first-order valence-electron chi connectivity index (χ1n) is 2.94. The molecule has 3 nitrogen and oxygen atoms in total. The van der Waals surface area contributed by atoms with Crippen LogP contribution in [0.25, 0.3) is 0 Å². The van der Waals surface area contributed by atoms with Crippen molar-refractivity contribution < 1.29 is 0 Å². The maximum absolute atomic E-state index is 8.20. The summed E-state index contributed by atoms with van der Waals surface area (Å²) in [4.78, 5) is 3.83. The van der Waals surface area contributed by atoms with Crippen molar-refractivity contribution in [2.75, 3.05) is 11.9 Å². The Hall–Kier alpha value is -1.56. The zero-order valence-electron chi connectivity index (χ0n) is 5.41. The van der Waals surface area contributed by atoms with Crippen LogP contribution in [-0.4, -0.2) is 11.5 Å². The number of anilines is 1. The zero-order valence-corrected chi connectivity index (χ0v) is 5.41. The lowest BCUT2D eigenvalue weighted by molar-refractivity contribution is 1.28. The first-order chi connectivity index (χ1) is 4.93. The average Bonchev–Trinajstić information content (AvgIpc) is 2.03. The monoisotopic (exact) mass is 133 g/mol. The minimum absolute atomic E-state index is 0.337. The van der Waals surface area contributed by atoms with Gasteiger partial charge in [-0.2, -0.15) is 5.26 Å². The van der Waals surface area contributed by atoms with Crippen LogP contribution >= 0.6 is 0 Å². The van der Waals surface area contributed by atoms with Crippen LogP contribution in [0.5, 0.6) is 0 Å². The number of nitriles is 1. The number of nitrogens with zero attached hydrogens (tertiary/aromatic N) is 2. The molecule has 50 valence electrons. The molecule has 1 aromatic rings. The van der Waals surface area contributed by atoms with Crippen LogP contribution in [0.1, 0.15) is 0 Å². The van der Waals surface area contributed by atoms with Gasteiger partial charge in [0.05, 0.1) is 6.07 Å². The van der Waals surface area contributed by atoms with Gasteiger partial charge in [-0.05, 0) is 12.1 Å². The van der Waals surface area contributed by atoms with E-state index in [1.807, 2.05) is 18.2 Å². The van der Waals surface area contributed by atoms with E-state index in [4.69, 9.17) is 5.26 Å². The number of nitrogens with one attached hydrogen (secondary N) is 1. The molecule has 0 amide bonds. The van der Waals surface area contributed by atoms with Gasteiger partial charge >= 0.3 is 0 Å². The standard InChI is InChI=1S/C7H7N3/c8-3-6-10-7-1-4-9-5-2-7/h1-2,4-5H,6H2,(H,9,10). The molecule has 1 N–H and O–H groups in total. The number of hydrogen-bond acceptors (Lipinski definition) is 3. The summed E-state index contributed by atoms with van der Waals surface area (Å²) in [7, 11) is 0. The first-order valence-corrected chi connectivity index (χ1v) is 2.94. The fraction of sp³-hybridized carbons (Fsp3) is 0.143. The summed E-state index contributed by atoms with van der Waals surface area (Å²) in [5.41, 5.74) is 0.927. The molecule has 0 aliphatic heterocycles. The molecule has 0 aliphatic carbocycles. The van der Waals surface area contributed by atoms with Gasteiger partial charge in [0.2, 0.25) is 0 Å². The molecule has 1 heterocycles. The summed E-state index contributed by atoms with van der Waals surface area (Å²) >= 11 is 0. The summed E-state index contributed by atoms with van der Waals surface area (Å²) in [6.45, 7) is 0.337. The Morgan fingerprint density at radius 2 is 2.20 bits per heavy atom. The van der Waals surface area contributed by atoms with Gasteiger partial charge in [-0.3, -0.25) is 4.98 Å². The Labute approximate surface area is 59.3 Å². The quantitative estimate of drug-likeness (QED) is 0.612. The Balaban J connectivity index is 2.52. The van der Waals surface area contributed by atoms with E-state index in [9.17, 15) is 0 Å². The molecule has 10 heavy (non-hydrogen) atoms. The largest absolute Gasteiger partial charge is 0.372 e. The van der Waals surface area contributed by atoms with E-state index in [-0.39, 0.29) is 0 Å². The number of aromatic nitrogens is 1. The van der Waals surface area contributed by atoms with E-state index >= 15 is 0 Å². The summed E-state index contributed by atoms with van der Waals surface area (Å²) in [6, 6.07) is 5.62. The Bertz CT molecular complexity index is 224. The third-order valence-corrected chi connectivity index (χ3v) is 1.05. The lowest BCUT2D eigenvalue weighted by Crippen LogP contribution is -1.97. The van der Waals surface area contributed by atoms with Gasteiger partial charge in [0, 0.05) is 18.1 Å². The summed E-state index contributed by atoms with van der Waals surface area (Å²) < 4.78 is 0. The fourth-order valence-corrected chi connectivity index (χ4v) is 0.611. The molecular formula is C7H7N3. The van der Waals surface area contributed by atoms with Crippen molar-refractivity contribution in [3.05, 3.63) is 24.5 Å². The average molecular weight is 133 g/mol. The van der Waals surface area contributed by atoms with Crippen LogP contribution in [0.4, 0.5) is 5.69 Å². The van der Waals surface area contributed by atoms with Crippen molar-refractivity contribution in [1.82, 2.24) is 4.98 Å². The molecular weight excluding hydrogens is 126 g/mol. The van der Waals surface area contributed by atoms with Gasteiger partial charge in [-0.1, -0.05) is 0 Å².